The second kappa shape index (κ2) is 9.35. The minimum absolute atomic E-state index is 0.0413. The maximum Gasteiger partial charge on any atom is 0.174 e. The van der Waals surface area contributed by atoms with E-state index < -0.39 is 70.0 Å². The number of fused-ring (bicyclic) bond motifs is 2. The summed E-state index contributed by atoms with van der Waals surface area (Å²) in [5.74, 6) is -4.63. The van der Waals surface area contributed by atoms with Crippen LogP contribution in [0.3, 0.4) is 0 Å². The largest absolute Gasteiger partial charge is 0.511 e. The predicted octanol–water partition coefficient (Wildman–Crippen LogP) is 4.66. The minimum atomic E-state index is -1.22. The van der Waals surface area contributed by atoms with Gasteiger partial charge in [-0.25, -0.2) is 0 Å². The summed E-state index contributed by atoms with van der Waals surface area (Å²) in [5, 5.41) is 63.2. The van der Waals surface area contributed by atoms with Crippen molar-refractivity contribution in [3.8, 4) is 28.7 Å². The molecule has 10 nitrogen and oxygen atoms in total. The molecule has 204 valence electrons. The van der Waals surface area contributed by atoms with Crippen molar-refractivity contribution in [1.29, 1.82) is 0 Å². The fourth-order valence-electron chi connectivity index (χ4n) is 5.50. The molecule has 10 heteroatoms. The van der Waals surface area contributed by atoms with Crippen LogP contribution in [0.4, 0.5) is 0 Å². The Hall–Kier alpha value is -4.96. The van der Waals surface area contributed by atoms with Gasteiger partial charge in [0.1, 0.15) is 63.6 Å². The number of benzene rings is 3. The van der Waals surface area contributed by atoms with Gasteiger partial charge in [-0.15, -0.1) is 0 Å². The molecule has 0 radical (unpaired) electrons. The number of ketones is 2. The van der Waals surface area contributed by atoms with Gasteiger partial charge in [0.15, 0.2) is 5.78 Å². The van der Waals surface area contributed by atoms with Crippen molar-refractivity contribution >= 4 is 17.1 Å². The number of aromatic hydroxyl groups is 4. The summed E-state index contributed by atoms with van der Waals surface area (Å²) in [6.07, 6.45) is -1.51. The predicted molar refractivity (Wildman–Crippen MR) is 139 cm³/mol. The Labute approximate surface area is 227 Å². The molecular weight excluding hydrogens is 520 g/mol. The topological polar surface area (TPSA) is 174 Å². The number of carbonyl (C=O) groups excluding carboxylic acids is 2. The second-order valence-electron chi connectivity index (χ2n) is 9.96. The average Bonchev–Trinajstić information content (AvgIpc) is 2.90. The molecule has 3 aromatic carbocycles. The molecule has 4 atom stereocenters. The van der Waals surface area contributed by atoms with Gasteiger partial charge in [0.25, 0.3) is 0 Å². The van der Waals surface area contributed by atoms with Crippen LogP contribution in [0, 0.1) is 5.92 Å². The maximum atomic E-state index is 13.2. The third-order valence-corrected chi connectivity index (χ3v) is 7.45. The van der Waals surface area contributed by atoms with Crippen molar-refractivity contribution in [2.75, 3.05) is 0 Å². The van der Waals surface area contributed by atoms with E-state index in [9.17, 15) is 40.2 Å². The van der Waals surface area contributed by atoms with Crippen LogP contribution < -0.4 is 4.74 Å². The van der Waals surface area contributed by atoms with Crippen LogP contribution in [0.2, 0.25) is 0 Å². The molecule has 2 aliphatic heterocycles. The van der Waals surface area contributed by atoms with Crippen molar-refractivity contribution in [2.45, 2.75) is 31.2 Å². The fourth-order valence-corrected chi connectivity index (χ4v) is 5.50. The zero-order valence-electron chi connectivity index (χ0n) is 20.8. The van der Waals surface area contributed by atoms with Crippen LogP contribution in [0.1, 0.15) is 52.1 Å². The quantitative estimate of drug-likeness (QED) is 0.272. The lowest BCUT2D eigenvalue weighted by Gasteiger charge is -2.37. The molecule has 6 N–H and O–H groups in total. The first-order chi connectivity index (χ1) is 19.1. The Balaban J connectivity index is 1.35. The molecule has 40 heavy (non-hydrogen) atoms. The molecule has 2 heterocycles. The van der Waals surface area contributed by atoms with Crippen LogP contribution in [0.5, 0.6) is 28.7 Å². The van der Waals surface area contributed by atoms with Crippen LogP contribution in [0.25, 0.3) is 5.57 Å². The zero-order valence-corrected chi connectivity index (χ0v) is 20.8. The smallest absolute Gasteiger partial charge is 0.174 e. The first-order valence-electron chi connectivity index (χ1n) is 12.5. The Kier molecular flexibility index (Phi) is 5.92. The number of carbonyl (C=O) groups is 2. The van der Waals surface area contributed by atoms with Crippen LogP contribution in [-0.2, 0) is 9.53 Å². The molecule has 0 aromatic heterocycles. The summed E-state index contributed by atoms with van der Waals surface area (Å²) in [7, 11) is 0. The molecule has 1 saturated heterocycles. The van der Waals surface area contributed by atoms with E-state index in [1.807, 2.05) is 0 Å². The highest BCUT2D eigenvalue weighted by Gasteiger charge is 2.45. The second-order valence-corrected chi connectivity index (χ2v) is 9.96. The monoisotopic (exact) mass is 544 g/mol. The third-order valence-electron chi connectivity index (χ3n) is 7.45. The summed E-state index contributed by atoms with van der Waals surface area (Å²) < 4.78 is 11.9. The number of ether oxygens (including phenoxy) is 2. The normalized spacial score (nSPS) is 24.1. The summed E-state index contributed by atoms with van der Waals surface area (Å²) in [6.45, 7) is 0. The SMILES string of the molecule is O=C1CC(c2ccc(O)cc2)Oc2cc(O)c(C3=C(O)C4C(=O)CC(c5ccc(O)cc5)OC4C=C3O)c(O)c21. The Bertz CT molecular complexity index is 1600. The van der Waals surface area contributed by atoms with E-state index in [0.29, 0.717) is 11.1 Å². The number of Topliss-reactive ketones (excluding diaryl/α,β-unsaturated/α-hetero) is 2. The summed E-state index contributed by atoms with van der Waals surface area (Å²) in [5.41, 5.74) is 0.169. The molecule has 0 amide bonds. The molecular formula is C30H24O10. The number of aliphatic hydroxyl groups excluding tert-OH is 2. The van der Waals surface area contributed by atoms with Crippen molar-refractivity contribution < 1.29 is 49.7 Å². The number of allylic oxidation sites excluding steroid dienone is 1. The highest BCUT2D eigenvalue weighted by atomic mass is 16.5. The van der Waals surface area contributed by atoms with E-state index >= 15 is 0 Å². The third kappa shape index (κ3) is 4.09. The lowest BCUT2D eigenvalue weighted by molar-refractivity contribution is -0.141. The first-order valence-corrected chi connectivity index (χ1v) is 12.5. The number of phenols is 4. The van der Waals surface area contributed by atoms with E-state index in [-0.39, 0.29) is 35.7 Å². The van der Waals surface area contributed by atoms with Gasteiger partial charge in [-0.1, -0.05) is 24.3 Å². The van der Waals surface area contributed by atoms with Gasteiger partial charge in [-0.3, -0.25) is 9.59 Å². The van der Waals surface area contributed by atoms with E-state index in [4.69, 9.17) is 9.47 Å². The lowest BCUT2D eigenvalue weighted by atomic mass is 9.79. The maximum absolute atomic E-state index is 13.2. The highest BCUT2D eigenvalue weighted by Crippen LogP contribution is 2.51. The van der Waals surface area contributed by atoms with Gasteiger partial charge in [0.2, 0.25) is 0 Å². The van der Waals surface area contributed by atoms with E-state index in [1.165, 1.54) is 30.3 Å². The molecule has 1 fully saturated rings. The van der Waals surface area contributed by atoms with Crippen molar-refractivity contribution in [3.05, 3.63) is 94.4 Å². The van der Waals surface area contributed by atoms with Gasteiger partial charge in [-0.2, -0.15) is 0 Å². The Morgan fingerprint density at radius 3 is 1.95 bits per heavy atom. The number of rotatable bonds is 3. The number of aliphatic hydroxyl groups is 2. The number of hydrogen-bond acceptors (Lipinski definition) is 10. The highest BCUT2D eigenvalue weighted by molar-refractivity contribution is 6.05. The van der Waals surface area contributed by atoms with Crippen LogP contribution in [-0.4, -0.2) is 48.3 Å². The van der Waals surface area contributed by atoms with Crippen molar-refractivity contribution in [1.82, 2.24) is 0 Å². The zero-order chi connectivity index (χ0) is 28.3. The van der Waals surface area contributed by atoms with E-state index in [1.54, 1.807) is 24.3 Å². The molecule has 4 unspecified atom stereocenters. The Morgan fingerprint density at radius 1 is 0.725 bits per heavy atom. The van der Waals surface area contributed by atoms with E-state index in [0.717, 1.165) is 6.07 Å². The van der Waals surface area contributed by atoms with Crippen molar-refractivity contribution in [2.24, 2.45) is 5.92 Å². The number of phenolic OH excluding ortho intramolecular Hbond substituents is 4. The molecule has 1 aliphatic carbocycles. The summed E-state index contributed by atoms with van der Waals surface area (Å²) in [4.78, 5) is 26.3. The van der Waals surface area contributed by atoms with Gasteiger partial charge in [0, 0.05) is 12.5 Å². The molecule has 0 spiro atoms. The van der Waals surface area contributed by atoms with Gasteiger partial charge in [0.05, 0.1) is 29.8 Å². The van der Waals surface area contributed by atoms with Gasteiger partial charge < -0.3 is 40.1 Å². The lowest BCUT2D eigenvalue weighted by Crippen LogP contribution is -2.40. The standard InChI is InChI=1S/C30H24O10/c31-15-5-1-13(2-6-15)21-9-17(33)25-23(39-21)11-19(35)27(29(25)37)28-20(36)12-24-26(30(28)38)18(34)10-22(40-24)14-3-7-16(32)8-4-14/h1-8,11-12,21-23,25,31-32,35-38H,9-10H2. The Morgan fingerprint density at radius 2 is 1.32 bits per heavy atom. The molecule has 0 saturated carbocycles. The summed E-state index contributed by atoms with van der Waals surface area (Å²) in [6, 6.07) is 13.3. The number of hydrogen-bond donors (Lipinski definition) is 6. The first kappa shape index (κ1) is 25.3. The molecule has 6 rings (SSSR count). The molecule has 3 aliphatic rings. The molecule has 3 aromatic rings. The van der Waals surface area contributed by atoms with E-state index in [2.05, 4.69) is 0 Å². The molecule has 0 bridgehead atoms. The van der Waals surface area contributed by atoms with Gasteiger partial charge in [-0.05, 0) is 41.5 Å². The van der Waals surface area contributed by atoms with Crippen molar-refractivity contribution in [3.63, 3.8) is 0 Å². The fraction of sp³-hybridized carbons (Fsp3) is 0.200. The minimum Gasteiger partial charge on any atom is -0.511 e. The van der Waals surface area contributed by atoms with Gasteiger partial charge >= 0.3 is 0 Å². The van der Waals surface area contributed by atoms with Crippen LogP contribution >= 0.6 is 0 Å². The average molecular weight is 545 g/mol. The summed E-state index contributed by atoms with van der Waals surface area (Å²) >= 11 is 0. The van der Waals surface area contributed by atoms with Crippen LogP contribution in [0.15, 0.2) is 72.2 Å².